The minimum atomic E-state index is -0.430. The smallest absolute Gasteiger partial charge is 0.255 e. The number of benzene rings is 3. The second-order valence-corrected chi connectivity index (χ2v) is 8.97. The van der Waals surface area contributed by atoms with Crippen molar-refractivity contribution >= 4 is 28.9 Å². The van der Waals surface area contributed by atoms with Crippen LogP contribution >= 0.6 is 0 Å². The molecule has 2 aliphatic rings. The van der Waals surface area contributed by atoms with E-state index in [2.05, 4.69) is 5.32 Å². The van der Waals surface area contributed by atoms with Crippen molar-refractivity contribution in [1.29, 1.82) is 0 Å². The predicted molar refractivity (Wildman–Crippen MR) is 133 cm³/mol. The molecule has 174 valence electrons. The highest BCUT2D eigenvalue weighted by Gasteiger charge is 2.42. The van der Waals surface area contributed by atoms with E-state index in [9.17, 15) is 9.59 Å². The monoisotopic (exact) mass is 455 g/mol. The molecule has 2 heterocycles. The molecule has 1 N–H and O–H groups in total. The van der Waals surface area contributed by atoms with Crippen LogP contribution in [0.2, 0.25) is 0 Å². The van der Waals surface area contributed by atoms with Crippen LogP contribution < -0.4 is 10.2 Å². The van der Waals surface area contributed by atoms with Gasteiger partial charge in [-0.1, -0.05) is 48.5 Å². The number of hydrogen-bond donors (Lipinski definition) is 1. The highest BCUT2D eigenvalue weighted by molar-refractivity contribution is 6.00. The normalized spacial score (nSPS) is 20.8. The maximum Gasteiger partial charge on any atom is 0.255 e. The fourth-order valence-corrected chi connectivity index (χ4v) is 4.86. The number of likely N-dealkylation sites (tertiary alicyclic amines) is 1. The molecule has 0 bridgehead atoms. The molecule has 34 heavy (non-hydrogen) atoms. The Bertz CT molecular complexity index is 1150. The third-order valence-corrected chi connectivity index (χ3v) is 6.71. The fraction of sp³-hybridized carbons (Fsp3) is 0.286. The Balaban J connectivity index is 1.31. The first-order valence-electron chi connectivity index (χ1n) is 11.8. The van der Waals surface area contributed by atoms with Gasteiger partial charge in [-0.25, -0.2) is 0 Å². The summed E-state index contributed by atoms with van der Waals surface area (Å²) in [6.07, 6.45) is 2.35. The van der Waals surface area contributed by atoms with Gasteiger partial charge in [0.25, 0.3) is 11.8 Å². The van der Waals surface area contributed by atoms with E-state index < -0.39 is 5.60 Å². The summed E-state index contributed by atoms with van der Waals surface area (Å²) in [6, 6.07) is 27.3. The summed E-state index contributed by atoms with van der Waals surface area (Å²) in [7, 11) is 0. The van der Waals surface area contributed by atoms with Crippen LogP contribution in [0.15, 0.2) is 84.9 Å². The van der Waals surface area contributed by atoms with Gasteiger partial charge in [0.05, 0.1) is 23.4 Å². The first kappa shape index (κ1) is 22.2. The zero-order valence-electron chi connectivity index (χ0n) is 19.2. The summed E-state index contributed by atoms with van der Waals surface area (Å²) >= 11 is 0. The lowest BCUT2D eigenvalue weighted by atomic mass is 9.92. The first-order chi connectivity index (χ1) is 16.6. The minimum Gasteiger partial charge on any atom is -0.363 e. The van der Waals surface area contributed by atoms with Crippen molar-refractivity contribution in [2.45, 2.75) is 24.9 Å². The van der Waals surface area contributed by atoms with Crippen LogP contribution in [0.3, 0.4) is 0 Å². The third-order valence-electron chi connectivity index (χ3n) is 6.71. The third kappa shape index (κ3) is 4.68. The van der Waals surface area contributed by atoms with E-state index in [1.807, 2.05) is 94.7 Å². The average Bonchev–Trinajstić information content (AvgIpc) is 3.09. The number of morpholine rings is 1. The summed E-state index contributed by atoms with van der Waals surface area (Å²) in [6.45, 7) is 1.86. The molecule has 6 heteroatoms. The quantitative estimate of drug-likeness (QED) is 0.610. The number of rotatable bonds is 4. The van der Waals surface area contributed by atoms with Crippen LogP contribution in [-0.2, 0) is 9.53 Å². The molecule has 3 aromatic rings. The number of para-hydroxylation sites is 3. The Hall–Kier alpha value is -3.64. The van der Waals surface area contributed by atoms with Crippen LogP contribution in [0.25, 0.3) is 0 Å². The molecule has 0 aromatic heterocycles. The Morgan fingerprint density at radius 1 is 0.853 bits per heavy atom. The lowest BCUT2D eigenvalue weighted by molar-refractivity contribution is -0.140. The van der Waals surface area contributed by atoms with Gasteiger partial charge in [0.1, 0.15) is 6.61 Å². The molecule has 2 saturated heterocycles. The highest BCUT2D eigenvalue weighted by atomic mass is 16.5. The second-order valence-electron chi connectivity index (χ2n) is 8.97. The van der Waals surface area contributed by atoms with Crippen LogP contribution in [0.5, 0.6) is 0 Å². The maximum absolute atomic E-state index is 13.6. The first-order valence-corrected chi connectivity index (χ1v) is 11.8. The summed E-state index contributed by atoms with van der Waals surface area (Å²) in [5.41, 5.74) is 2.87. The SMILES string of the molecule is O=C(c1ccccc1Nc1ccccc1)N1CCC[C@]2(CC1)CN(c1ccccc1)C(=O)CO2. The van der Waals surface area contributed by atoms with Gasteiger partial charge in [0.15, 0.2) is 0 Å². The number of anilines is 3. The molecule has 1 spiro atoms. The zero-order chi connectivity index (χ0) is 23.4. The van der Waals surface area contributed by atoms with Crippen molar-refractivity contribution in [2.24, 2.45) is 0 Å². The van der Waals surface area contributed by atoms with Gasteiger partial charge in [-0.05, 0) is 55.7 Å². The minimum absolute atomic E-state index is 0.0166. The van der Waals surface area contributed by atoms with Gasteiger partial charge in [0, 0.05) is 24.5 Å². The number of hydrogen-bond acceptors (Lipinski definition) is 4. The van der Waals surface area contributed by atoms with Crippen LogP contribution in [0, 0.1) is 0 Å². The zero-order valence-corrected chi connectivity index (χ0v) is 19.2. The van der Waals surface area contributed by atoms with Gasteiger partial charge in [0.2, 0.25) is 0 Å². The van der Waals surface area contributed by atoms with E-state index >= 15 is 0 Å². The molecule has 0 aliphatic carbocycles. The van der Waals surface area contributed by atoms with Crippen molar-refractivity contribution in [3.63, 3.8) is 0 Å². The maximum atomic E-state index is 13.6. The summed E-state index contributed by atoms with van der Waals surface area (Å²) in [4.78, 5) is 29.9. The Morgan fingerprint density at radius 2 is 1.56 bits per heavy atom. The van der Waals surface area contributed by atoms with Crippen LogP contribution in [0.1, 0.15) is 29.6 Å². The Kier molecular flexibility index (Phi) is 6.32. The predicted octanol–water partition coefficient (Wildman–Crippen LogP) is 4.86. The van der Waals surface area contributed by atoms with Crippen molar-refractivity contribution in [3.05, 3.63) is 90.5 Å². The van der Waals surface area contributed by atoms with E-state index in [0.29, 0.717) is 31.6 Å². The number of ether oxygens (including phenoxy) is 1. The number of nitrogens with zero attached hydrogens (tertiary/aromatic N) is 2. The number of amides is 2. The molecule has 0 radical (unpaired) electrons. The molecule has 1 atom stereocenters. The molecule has 2 aliphatic heterocycles. The lowest BCUT2D eigenvalue weighted by Crippen LogP contribution is -2.55. The summed E-state index contributed by atoms with van der Waals surface area (Å²) < 4.78 is 6.15. The van der Waals surface area contributed by atoms with E-state index in [0.717, 1.165) is 29.9 Å². The molecule has 0 saturated carbocycles. The summed E-state index contributed by atoms with van der Waals surface area (Å²) in [5.74, 6) is -0.00204. The van der Waals surface area contributed by atoms with Crippen LogP contribution in [-0.4, -0.2) is 48.6 Å². The Morgan fingerprint density at radius 3 is 2.35 bits per heavy atom. The topological polar surface area (TPSA) is 61.9 Å². The highest BCUT2D eigenvalue weighted by Crippen LogP contribution is 2.33. The van der Waals surface area contributed by atoms with Gasteiger partial charge in [-0.15, -0.1) is 0 Å². The van der Waals surface area contributed by atoms with Gasteiger partial charge >= 0.3 is 0 Å². The van der Waals surface area contributed by atoms with E-state index in [1.54, 1.807) is 0 Å². The van der Waals surface area contributed by atoms with Crippen molar-refractivity contribution < 1.29 is 14.3 Å². The van der Waals surface area contributed by atoms with Crippen molar-refractivity contribution in [1.82, 2.24) is 4.90 Å². The number of carbonyl (C=O) groups excluding carboxylic acids is 2. The molecule has 5 rings (SSSR count). The van der Waals surface area contributed by atoms with E-state index in [1.165, 1.54) is 0 Å². The second kappa shape index (κ2) is 9.69. The largest absolute Gasteiger partial charge is 0.363 e. The van der Waals surface area contributed by atoms with Crippen molar-refractivity contribution in [3.8, 4) is 0 Å². The van der Waals surface area contributed by atoms with Crippen molar-refractivity contribution in [2.75, 3.05) is 36.5 Å². The average molecular weight is 456 g/mol. The molecular formula is C28H29N3O3. The fourth-order valence-electron chi connectivity index (χ4n) is 4.86. The molecule has 0 unspecified atom stereocenters. The number of carbonyl (C=O) groups is 2. The van der Waals surface area contributed by atoms with Crippen LogP contribution in [0.4, 0.5) is 17.1 Å². The van der Waals surface area contributed by atoms with Gasteiger partial charge < -0.3 is 19.9 Å². The van der Waals surface area contributed by atoms with Gasteiger partial charge in [-0.3, -0.25) is 9.59 Å². The molecular weight excluding hydrogens is 426 g/mol. The molecule has 6 nitrogen and oxygen atoms in total. The Labute approximate surface area is 200 Å². The number of nitrogens with one attached hydrogen (secondary N) is 1. The standard InChI is InChI=1S/C28H29N3O3/c32-26-20-34-28(21-31(26)23-12-5-2-6-13-23)16-9-18-30(19-17-28)27(33)24-14-7-8-15-25(24)29-22-10-3-1-4-11-22/h1-8,10-15,29H,9,16-21H2/t28-/m0/s1. The summed E-state index contributed by atoms with van der Waals surface area (Å²) in [5, 5.41) is 3.38. The molecule has 2 amide bonds. The molecule has 3 aromatic carbocycles. The lowest BCUT2D eigenvalue weighted by Gasteiger charge is -2.42. The van der Waals surface area contributed by atoms with E-state index in [4.69, 9.17) is 4.74 Å². The van der Waals surface area contributed by atoms with E-state index in [-0.39, 0.29) is 18.4 Å². The molecule has 2 fully saturated rings. The van der Waals surface area contributed by atoms with Gasteiger partial charge in [-0.2, -0.15) is 0 Å².